The largest absolute Gasteiger partial charge is 0.495 e. The van der Waals surface area contributed by atoms with E-state index in [4.69, 9.17) is 9.47 Å². The summed E-state index contributed by atoms with van der Waals surface area (Å²) < 4.78 is 11.4. The van der Waals surface area contributed by atoms with E-state index in [1.807, 2.05) is 12.1 Å². The number of hydrogen-bond acceptors (Lipinski definition) is 4. The van der Waals surface area contributed by atoms with Crippen LogP contribution in [0, 0.1) is 0 Å². The lowest BCUT2D eigenvalue weighted by atomic mass is 9.94. The number of hydrogen-bond donors (Lipinski definition) is 2. The van der Waals surface area contributed by atoms with Gasteiger partial charge in [-0.2, -0.15) is 0 Å². The third kappa shape index (κ3) is 3.04. The van der Waals surface area contributed by atoms with Gasteiger partial charge in [0.1, 0.15) is 16.0 Å². The number of rotatable bonds is 4. The Morgan fingerprint density at radius 3 is 2.68 bits per heavy atom. The summed E-state index contributed by atoms with van der Waals surface area (Å²) in [6.45, 7) is 0.960. The van der Waals surface area contributed by atoms with Crippen LogP contribution in [0.3, 0.4) is 0 Å². The molecule has 106 valence electrons. The van der Waals surface area contributed by atoms with Crippen molar-refractivity contribution >= 4 is 15.9 Å². The lowest BCUT2D eigenvalue weighted by molar-refractivity contribution is 0.111. The SMILES string of the molecule is COc1ccc(C(O)C2CCCCN2)c(OC)c1Br. The van der Waals surface area contributed by atoms with Gasteiger partial charge in [-0.3, -0.25) is 0 Å². The molecule has 1 saturated heterocycles. The minimum absolute atomic E-state index is 0.0861. The van der Waals surface area contributed by atoms with Gasteiger partial charge in [-0.1, -0.05) is 6.42 Å². The average Bonchev–Trinajstić information content (AvgIpc) is 2.47. The van der Waals surface area contributed by atoms with Crippen LogP contribution < -0.4 is 14.8 Å². The lowest BCUT2D eigenvalue weighted by Crippen LogP contribution is -2.38. The monoisotopic (exact) mass is 329 g/mol. The maximum atomic E-state index is 10.5. The van der Waals surface area contributed by atoms with E-state index in [1.165, 1.54) is 6.42 Å². The van der Waals surface area contributed by atoms with Crippen LogP contribution in [0.25, 0.3) is 0 Å². The normalized spacial score (nSPS) is 20.9. The van der Waals surface area contributed by atoms with Crippen LogP contribution in [0.2, 0.25) is 0 Å². The molecular formula is C14H20BrNO3. The first-order valence-corrected chi connectivity index (χ1v) is 7.30. The molecule has 2 N–H and O–H groups in total. The molecule has 2 atom stereocenters. The molecule has 0 radical (unpaired) electrons. The maximum Gasteiger partial charge on any atom is 0.142 e. The highest BCUT2D eigenvalue weighted by atomic mass is 79.9. The highest BCUT2D eigenvalue weighted by molar-refractivity contribution is 9.10. The first-order valence-electron chi connectivity index (χ1n) is 6.51. The summed E-state index contributed by atoms with van der Waals surface area (Å²) in [5.74, 6) is 1.34. The van der Waals surface area contributed by atoms with Crippen LogP contribution in [0.15, 0.2) is 16.6 Å². The van der Waals surface area contributed by atoms with Crippen molar-refractivity contribution in [1.29, 1.82) is 0 Å². The Balaban J connectivity index is 2.30. The minimum Gasteiger partial charge on any atom is -0.495 e. The molecule has 19 heavy (non-hydrogen) atoms. The Hall–Kier alpha value is -0.780. The predicted molar refractivity (Wildman–Crippen MR) is 77.8 cm³/mol. The number of halogens is 1. The van der Waals surface area contributed by atoms with Crippen molar-refractivity contribution < 1.29 is 14.6 Å². The third-order valence-corrected chi connectivity index (χ3v) is 4.32. The Labute approximate surface area is 122 Å². The van der Waals surface area contributed by atoms with Crippen molar-refractivity contribution in [2.45, 2.75) is 31.4 Å². The molecule has 1 aromatic carbocycles. The molecule has 1 aromatic rings. The number of piperidine rings is 1. The third-order valence-electron chi connectivity index (χ3n) is 3.56. The summed E-state index contributed by atoms with van der Waals surface area (Å²) in [6.07, 6.45) is 2.73. The number of ether oxygens (including phenoxy) is 2. The van der Waals surface area contributed by atoms with Gasteiger partial charge in [-0.05, 0) is 47.4 Å². The summed E-state index contributed by atoms with van der Waals surface area (Å²) >= 11 is 3.46. The molecule has 1 aliphatic rings. The predicted octanol–water partition coefficient (Wildman–Crippen LogP) is 2.64. The molecule has 1 fully saturated rings. The topological polar surface area (TPSA) is 50.7 Å². The molecule has 2 unspecified atom stereocenters. The second-order valence-electron chi connectivity index (χ2n) is 4.71. The zero-order valence-electron chi connectivity index (χ0n) is 11.3. The van der Waals surface area contributed by atoms with Crippen molar-refractivity contribution in [1.82, 2.24) is 5.32 Å². The minimum atomic E-state index is -0.572. The fourth-order valence-corrected chi connectivity index (χ4v) is 3.20. The first kappa shape index (κ1) is 14.6. The molecular weight excluding hydrogens is 310 g/mol. The summed E-state index contributed by atoms with van der Waals surface area (Å²) in [6, 6.07) is 3.79. The van der Waals surface area contributed by atoms with Gasteiger partial charge in [-0.25, -0.2) is 0 Å². The van der Waals surface area contributed by atoms with Crippen molar-refractivity contribution in [3.63, 3.8) is 0 Å². The van der Waals surface area contributed by atoms with E-state index in [2.05, 4.69) is 21.2 Å². The van der Waals surface area contributed by atoms with E-state index in [1.54, 1.807) is 14.2 Å². The maximum absolute atomic E-state index is 10.5. The Morgan fingerprint density at radius 1 is 1.32 bits per heavy atom. The van der Waals surface area contributed by atoms with Gasteiger partial charge in [0.25, 0.3) is 0 Å². The van der Waals surface area contributed by atoms with E-state index in [0.29, 0.717) is 11.5 Å². The molecule has 0 aliphatic carbocycles. The number of benzene rings is 1. The summed E-state index contributed by atoms with van der Waals surface area (Å²) in [4.78, 5) is 0. The van der Waals surface area contributed by atoms with Crippen LogP contribution in [-0.2, 0) is 0 Å². The molecule has 4 nitrogen and oxygen atoms in total. The number of nitrogens with one attached hydrogen (secondary N) is 1. The summed E-state index contributed by atoms with van der Waals surface area (Å²) in [7, 11) is 3.21. The molecule has 2 rings (SSSR count). The number of aliphatic hydroxyl groups is 1. The van der Waals surface area contributed by atoms with Crippen molar-refractivity contribution in [2.24, 2.45) is 0 Å². The van der Waals surface area contributed by atoms with E-state index in [9.17, 15) is 5.11 Å². The zero-order chi connectivity index (χ0) is 13.8. The summed E-state index contributed by atoms with van der Waals surface area (Å²) in [5.41, 5.74) is 0.787. The molecule has 0 saturated carbocycles. The Kier molecular flexibility index (Phi) is 5.07. The van der Waals surface area contributed by atoms with Gasteiger partial charge < -0.3 is 19.9 Å². The molecule has 0 spiro atoms. The highest BCUT2D eigenvalue weighted by Gasteiger charge is 2.26. The molecule has 0 amide bonds. The molecule has 5 heteroatoms. The second kappa shape index (κ2) is 6.59. The molecule has 1 aliphatic heterocycles. The van der Waals surface area contributed by atoms with E-state index < -0.39 is 6.10 Å². The van der Waals surface area contributed by atoms with Gasteiger partial charge in [0.2, 0.25) is 0 Å². The van der Waals surface area contributed by atoms with Gasteiger partial charge in [0.15, 0.2) is 0 Å². The van der Waals surface area contributed by atoms with Crippen LogP contribution >= 0.6 is 15.9 Å². The fourth-order valence-electron chi connectivity index (χ4n) is 2.52. The van der Waals surface area contributed by atoms with E-state index in [-0.39, 0.29) is 6.04 Å². The smallest absolute Gasteiger partial charge is 0.142 e. The van der Waals surface area contributed by atoms with E-state index >= 15 is 0 Å². The van der Waals surface area contributed by atoms with Crippen LogP contribution in [0.1, 0.15) is 30.9 Å². The number of methoxy groups -OCH3 is 2. The average molecular weight is 330 g/mol. The molecule has 0 bridgehead atoms. The van der Waals surface area contributed by atoms with Crippen molar-refractivity contribution in [3.05, 3.63) is 22.2 Å². The Morgan fingerprint density at radius 2 is 2.11 bits per heavy atom. The first-order chi connectivity index (χ1) is 9.19. The van der Waals surface area contributed by atoms with Gasteiger partial charge in [0, 0.05) is 11.6 Å². The molecule has 0 aromatic heterocycles. The van der Waals surface area contributed by atoms with Crippen LogP contribution in [0.4, 0.5) is 0 Å². The summed E-state index contributed by atoms with van der Waals surface area (Å²) in [5, 5.41) is 13.9. The van der Waals surface area contributed by atoms with Gasteiger partial charge in [-0.15, -0.1) is 0 Å². The van der Waals surface area contributed by atoms with Crippen LogP contribution in [-0.4, -0.2) is 31.9 Å². The van der Waals surface area contributed by atoms with Gasteiger partial charge in [0.05, 0.1) is 20.3 Å². The van der Waals surface area contributed by atoms with E-state index in [0.717, 1.165) is 29.4 Å². The zero-order valence-corrected chi connectivity index (χ0v) is 12.9. The van der Waals surface area contributed by atoms with Crippen molar-refractivity contribution in [3.8, 4) is 11.5 Å². The fraction of sp³-hybridized carbons (Fsp3) is 0.571. The standard InChI is InChI=1S/C14H20BrNO3/c1-18-11-7-6-9(14(19-2)12(11)15)13(17)10-5-3-4-8-16-10/h6-7,10,13,16-17H,3-5,8H2,1-2H3. The highest BCUT2D eigenvalue weighted by Crippen LogP contribution is 2.41. The second-order valence-corrected chi connectivity index (χ2v) is 5.50. The van der Waals surface area contributed by atoms with Crippen molar-refractivity contribution in [2.75, 3.05) is 20.8 Å². The number of aliphatic hydroxyl groups excluding tert-OH is 1. The van der Waals surface area contributed by atoms with Crippen LogP contribution in [0.5, 0.6) is 11.5 Å². The quantitative estimate of drug-likeness (QED) is 0.891. The van der Waals surface area contributed by atoms with Gasteiger partial charge >= 0.3 is 0 Å². The lowest BCUT2D eigenvalue weighted by Gasteiger charge is -2.29. The Bertz CT molecular complexity index is 433. The molecule has 1 heterocycles.